The van der Waals surface area contributed by atoms with Crippen LogP contribution in [0.4, 0.5) is 0 Å². The number of pyridine rings is 1. The first kappa shape index (κ1) is 9.40. The monoisotopic (exact) mass is 198 g/mol. The normalized spacial score (nSPS) is 11.3. The maximum Gasteiger partial charge on any atom is 0.118 e. The number of oxime groups is 1. The highest BCUT2D eigenvalue weighted by molar-refractivity contribution is 6.12. The molecule has 1 N–H and O–H groups in total. The molecule has 1 heterocycles. The second-order valence-electron chi connectivity index (χ2n) is 3.06. The van der Waals surface area contributed by atoms with E-state index in [1.165, 1.54) is 0 Å². The van der Waals surface area contributed by atoms with Crippen LogP contribution in [0.3, 0.4) is 0 Å². The summed E-state index contributed by atoms with van der Waals surface area (Å²) in [5.41, 5.74) is 2.20. The third-order valence-corrected chi connectivity index (χ3v) is 2.08. The van der Waals surface area contributed by atoms with E-state index in [1.807, 2.05) is 42.5 Å². The topological polar surface area (TPSA) is 45.5 Å². The lowest BCUT2D eigenvalue weighted by Crippen LogP contribution is -2.03. The van der Waals surface area contributed by atoms with Gasteiger partial charge in [0.15, 0.2) is 0 Å². The Morgan fingerprint density at radius 3 is 2.33 bits per heavy atom. The summed E-state index contributed by atoms with van der Waals surface area (Å²) < 4.78 is 0. The van der Waals surface area contributed by atoms with Crippen molar-refractivity contribution in [2.75, 3.05) is 0 Å². The van der Waals surface area contributed by atoms with Gasteiger partial charge in [-0.1, -0.05) is 35.5 Å². The van der Waals surface area contributed by atoms with Gasteiger partial charge < -0.3 is 5.21 Å². The van der Waals surface area contributed by atoms with Gasteiger partial charge in [0.1, 0.15) is 5.71 Å². The molecule has 0 fully saturated rings. The lowest BCUT2D eigenvalue weighted by molar-refractivity contribution is 0.319. The average Bonchev–Trinajstić information content (AvgIpc) is 2.33. The van der Waals surface area contributed by atoms with Gasteiger partial charge in [-0.15, -0.1) is 0 Å². The molecule has 3 heteroatoms. The molecule has 0 atom stereocenters. The van der Waals surface area contributed by atoms with Crippen LogP contribution in [0.1, 0.15) is 11.1 Å². The summed E-state index contributed by atoms with van der Waals surface area (Å²) in [6, 6.07) is 13.2. The molecule has 0 saturated carbocycles. The third kappa shape index (κ3) is 2.02. The number of nitrogens with zero attached hydrogens (tertiary/aromatic N) is 2. The van der Waals surface area contributed by atoms with Gasteiger partial charge in [0, 0.05) is 23.5 Å². The van der Waals surface area contributed by atoms with Gasteiger partial charge in [-0.2, -0.15) is 0 Å². The standard InChI is InChI=1S/C12H10N2O/c15-14-12(10-5-2-1-3-6-10)11-7-4-8-13-9-11/h1-9,15H/b14-12-. The summed E-state index contributed by atoms with van der Waals surface area (Å²) in [7, 11) is 0. The van der Waals surface area contributed by atoms with Crippen LogP contribution < -0.4 is 0 Å². The quantitative estimate of drug-likeness (QED) is 0.457. The minimum Gasteiger partial charge on any atom is -0.410 e. The molecule has 1 aromatic carbocycles. The molecule has 1 aromatic heterocycles. The zero-order chi connectivity index (χ0) is 10.5. The Hall–Kier alpha value is -2.16. The number of aromatic nitrogens is 1. The molecule has 0 amide bonds. The first-order valence-corrected chi connectivity index (χ1v) is 4.59. The molecule has 3 nitrogen and oxygen atoms in total. The van der Waals surface area contributed by atoms with Crippen LogP contribution >= 0.6 is 0 Å². The molecule has 0 aliphatic carbocycles. The number of benzene rings is 1. The molecule has 0 saturated heterocycles. The van der Waals surface area contributed by atoms with Crippen molar-refractivity contribution in [1.29, 1.82) is 0 Å². The number of hydrogen-bond donors (Lipinski definition) is 1. The maximum atomic E-state index is 8.99. The van der Waals surface area contributed by atoms with Gasteiger partial charge in [0.05, 0.1) is 0 Å². The summed E-state index contributed by atoms with van der Waals surface area (Å²) >= 11 is 0. The molecule has 0 unspecified atom stereocenters. The highest BCUT2D eigenvalue weighted by Gasteiger charge is 2.06. The minimum absolute atomic E-state index is 0.531. The van der Waals surface area contributed by atoms with Crippen molar-refractivity contribution < 1.29 is 5.21 Å². The van der Waals surface area contributed by atoms with Crippen LogP contribution in [-0.4, -0.2) is 15.9 Å². The van der Waals surface area contributed by atoms with Crippen molar-refractivity contribution in [2.45, 2.75) is 0 Å². The lowest BCUT2D eigenvalue weighted by Gasteiger charge is -2.03. The summed E-state index contributed by atoms with van der Waals surface area (Å²) in [4.78, 5) is 3.99. The van der Waals surface area contributed by atoms with Crippen LogP contribution in [-0.2, 0) is 0 Å². The number of hydrogen-bond acceptors (Lipinski definition) is 3. The van der Waals surface area contributed by atoms with E-state index in [-0.39, 0.29) is 0 Å². The summed E-state index contributed by atoms with van der Waals surface area (Å²) in [5, 5.41) is 12.3. The van der Waals surface area contributed by atoms with Crippen molar-refractivity contribution in [2.24, 2.45) is 5.16 Å². The van der Waals surface area contributed by atoms with E-state index >= 15 is 0 Å². The van der Waals surface area contributed by atoms with Crippen LogP contribution in [0, 0.1) is 0 Å². The Balaban J connectivity index is 2.44. The van der Waals surface area contributed by atoms with Crippen molar-refractivity contribution in [3.8, 4) is 0 Å². The Morgan fingerprint density at radius 1 is 1.00 bits per heavy atom. The molecule has 0 aliphatic heterocycles. The van der Waals surface area contributed by atoms with E-state index in [9.17, 15) is 0 Å². The zero-order valence-corrected chi connectivity index (χ0v) is 8.04. The summed E-state index contributed by atoms with van der Waals surface area (Å²) in [5.74, 6) is 0. The Morgan fingerprint density at radius 2 is 1.73 bits per heavy atom. The summed E-state index contributed by atoms with van der Waals surface area (Å²) in [6.07, 6.45) is 3.35. The predicted octanol–water partition coefficient (Wildman–Crippen LogP) is 2.31. The Labute approximate surface area is 87.7 Å². The summed E-state index contributed by atoms with van der Waals surface area (Å²) in [6.45, 7) is 0. The Kier molecular flexibility index (Phi) is 2.74. The first-order valence-electron chi connectivity index (χ1n) is 4.59. The fourth-order valence-electron chi connectivity index (χ4n) is 1.38. The SMILES string of the molecule is O/N=C(/c1ccccc1)c1cccnc1. The fraction of sp³-hybridized carbons (Fsp3) is 0. The Bertz CT molecular complexity index is 410. The van der Waals surface area contributed by atoms with Crippen molar-refractivity contribution in [1.82, 2.24) is 4.98 Å². The molecule has 2 rings (SSSR count). The van der Waals surface area contributed by atoms with E-state index < -0.39 is 0 Å². The van der Waals surface area contributed by atoms with Crippen LogP contribution in [0.2, 0.25) is 0 Å². The van der Waals surface area contributed by atoms with Gasteiger partial charge in [0.2, 0.25) is 0 Å². The molecule has 0 spiro atoms. The van der Waals surface area contributed by atoms with Crippen LogP contribution in [0.5, 0.6) is 0 Å². The van der Waals surface area contributed by atoms with Crippen molar-refractivity contribution in [3.05, 3.63) is 66.0 Å². The van der Waals surface area contributed by atoms with Crippen molar-refractivity contribution >= 4 is 5.71 Å². The molecule has 74 valence electrons. The molecular formula is C12H10N2O. The van der Waals surface area contributed by atoms with E-state index in [0.717, 1.165) is 11.1 Å². The maximum absolute atomic E-state index is 8.99. The zero-order valence-electron chi connectivity index (χ0n) is 8.04. The highest BCUT2D eigenvalue weighted by atomic mass is 16.4. The average molecular weight is 198 g/mol. The highest BCUT2D eigenvalue weighted by Crippen LogP contribution is 2.08. The molecule has 0 radical (unpaired) electrons. The van der Waals surface area contributed by atoms with Crippen LogP contribution in [0.15, 0.2) is 60.0 Å². The molecular weight excluding hydrogens is 188 g/mol. The van der Waals surface area contributed by atoms with E-state index in [0.29, 0.717) is 5.71 Å². The lowest BCUT2D eigenvalue weighted by atomic mass is 10.0. The van der Waals surface area contributed by atoms with Gasteiger partial charge in [-0.25, -0.2) is 0 Å². The van der Waals surface area contributed by atoms with Gasteiger partial charge in [0.25, 0.3) is 0 Å². The van der Waals surface area contributed by atoms with Crippen LogP contribution in [0.25, 0.3) is 0 Å². The molecule has 0 aliphatic rings. The minimum atomic E-state index is 0.531. The first-order chi connectivity index (χ1) is 7.42. The second kappa shape index (κ2) is 4.37. The van der Waals surface area contributed by atoms with Gasteiger partial charge in [-0.3, -0.25) is 4.98 Å². The predicted molar refractivity (Wildman–Crippen MR) is 58.1 cm³/mol. The molecule has 0 bridgehead atoms. The van der Waals surface area contributed by atoms with E-state index in [4.69, 9.17) is 5.21 Å². The van der Waals surface area contributed by atoms with Gasteiger partial charge >= 0.3 is 0 Å². The fourth-order valence-corrected chi connectivity index (χ4v) is 1.38. The number of rotatable bonds is 2. The van der Waals surface area contributed by atoms with E-state index in [2.05, 4.69) is 10.1 Å². The molecule has 15 heavy (non-hydrogen) atoms. The molecule has 2 aromatic rings. The second-order valence-corrected chi connectivity index (χ2v) is 3.06. The smallest absolute Gasteiger partial charge is 0.118 e. The largest absolute Gasteiger partial charge is 0.410 e. The van der Waals surface area contributed by atoms with Gasteiger partial charge in [-0.05, 0) is 12.1 Å². The third-order valence-electron chi connectivity index (χ3n) is 2.08. The van der Waals surface area contributed by atoms with E-state index in [1.54, 1.807) is 12.4 Å². The van der Waals surface area contributed by atoms with Crippen molar-refractivity contribution in [3.63, 3.8) is 0 Å².